The normalized spacial score (nSPS) is 14.2. The zero-order valence-corrected chi connectivity index (χ0v) is 15.3. The Morgan fingerprint density at radius 1 is 1.08 bits per heavy atom. The predicted octanol–water partition coefficient (Wildman–Crippen LogP) is 1.54. The van der Waals surface area contributed by atoms with Crippen LogP contribution in [0.2, 0.25) is 0 Å². The maximum atomic E-state index is 12.5. The van der Waals surface area contributed by atoms with E-state index in [0.29, 0.717) is 10.5 Å². The molecule has 6 nitrogen and oxygen atoms in total. The maximum absolute atomic E-state index is 12.5. The Bertz CT molecular complexity index is 753. The zero-order valence-electron chi connectivity index (χ0n) is 14.5. The molecule has 0 heterocycles. The average molecular weight is 374 g/mol. The van der Waals surface area contributed by atoms with Gasteiger partial charge in [-0.15, -0.1) is 0 Å². The van der Waals surface area contributed by atoms with E-state index in [1.165, 1.54) is 7.11 Å². The molecular formula is C19H22N2O4S. The monoisotopic (exact) mass is 374 g/mol. The van der Waals surface area contributed by atoms with Gasteiger partial charge in [-0.05, 0) is 24.1 Å². The van der Waals surface area contributed by atoms with Gasteiger partial charge in [-0.2, -0.15) is 0 Å². The van der Waals surface area contributed by atoms with Crippen LogP contribution in [0.1, 0.15) is 18.1 Å². The number of nitrogens with two attached hydrogens (primary N) is 1. The van der Waals surface area contributed by atoms with E-state index >= 15 is 0 Å². The number of amides is 2. The number of benzene rings is 2. The summed E-state index contributed by atoms with van der Waals surface area (Å²) in [6, 6.07) is 17.0. The van der Waals surface area contributed by atoms with Gasteiger partial charge in [-0.1, -0.05) is 48.5 Å². The maximum Gasteiger partial charge on any atom is 0.254 e. The van der Waals surface area contributed by atoms with Gasteiger partial charge in [0.25, 0.3) is 5.91 Å². The largest absolute Gasteiger partial charge is 0.368 e. The molecule has 0 saturated heterocycles. The molecule has 0 radical (unpaired) electrons. The number of hydrogen-bond acceptors (Lipinski definition) is 4. The van der Waals surface area contributed by atoms with Gasteiger partial charge in [0, 0.05) is 17.8 Å². The number of methoxy groups -OCH3 is 1. The quantitative estimate of drug-likeness (QED) is 0.695. The van der Waals surface area contributed by atoms with Gasteiger partial charge in [-0.3, -0.25) is 13.8 Å². The summed E-state index contributed by atoms with van der Waals surface area (Å²) in [6.45, 7) is 0. The average Bonchev–Trinajstić information content (AvgIpc) is 2.66. The number of carbonyl (C=O) groups is 2. The molecule has 26 heavy (non-hydrogen) atoms. The Morgan fingerprint density at radius 3 is 2.19 bits per heavy atom. The number of primary amides is 1. The summed E-state index contributed by atoms with van der Waals surface area (Å²) < 4.78 is 17.5. The first kappa shape index (κ1) is 19.8. The van der Waals surface area contributed by atoms with Crippen molar-refractivity contribution < 1.29 is 18.5 Å². The first-order valence-electron chi connectivity index (χ1n) is 8.13. The lowest BCUT2D eigenvalue weighted by atomic mass is 10.1. The van der Waals surface area contributed by atoms with Crippen molar-refractivity contribution in [3.05, 3.63) is 66.2 Å². The van der Waals surface area contributed by atoms with Crippen LogP contribution in [0.5, 0.6) is 0 Å². The molecule has 0 aliphatic carbocycles. The highest BCUT2D eigenvalue weighted by atomic mass is 32.2. The number of rotatable bonds is 9. The molecule has 0 fully saturated rings. The summed E-state index contributed by atoms with van der Waals surface area (Å²) >= 11 is 0. The highest BCUT2D eigenvalue weighted by Crippen LogP contribution is 2.17. The Hall–Kier alpha value is -2.51. The van der Waals surface area contributed by atoms with Crippen molar-refractivity contribution in [1.82, 2.24) is 5.32 Å². The Labute approximate surface area is 155 Å². The van der Waals surface area contributed by atoms with E-state index in [2.05, 4.69) is 5.32 Å². The van der Waals surface area contributed by atoms with Crippen molar-refractivity contribution in [2.75, 3.05) is 12.9 Å². The molecule has 0 spiro atoms. The molecule has 3 N–H and O–H groups in total. The number of carbonyl (C=O) groups excluding carboxylic acids is 2. The van der Waals surface area contributed by atoms with Crippen molar-refractivity contribution in [2.24, 2.45) is 5.73 Å². The van der Waals surface area contributed by atoms with E-state index in [1.54, 1.807) is 48.5 Å². The van der Waals surface area contributed by atoms with Gasteiger partial charge in [0.1, 0.15) is 6.04 Å². The molecule has 2 amide bonds. The minimum Gasteiger partial charge on any atom is -0.368 e. The fraction of sp³-hybridized carbons (Fsp3) is 0.263. The second kappa shape index (κ2) is 9.84. The summed E-state index contributed by atoms with van der Waals surface area (Å²) in [5.41, 5.74) is 6.07. The smallest absolute Gasteiger partial charge is 0.254 e. The molecule has 0 saturated carbocycles. The molecule has 0 aromatic heterocycles. The van der Waals surface area contributed by atoms with Crippen molar-refractivity contribution in [2.45, 2.75) is 23.5 Å². The summed E-state index contributed by atoms with van der Waals surface area (Å²) in [5, 5.41) is 2.60. The minimum absolute atomic E-state index is 0.174. The lowest BCUT2D eigenvalue weighted by Gasteiger charge is -2.20. The SMILES string of the molecule is CO[C@H](C(=O)N[C@H](CC[S@](=O)c1ccccc1)C(N)=O)c1ccccc1. The van der Waals surface area contributed by atoms with Crippen LogP contribution in [0.25, 0.3) is 0 Å². The van der Waals surface area contributed by atoms with Crippen LogP contribution in [0, 0.1) is 0 Å². The fourth-order valence-corrected chi connectivity index (χ4v) is 3.62. The molecule has 0 aliphatic rings. The van der Waals surface area contributed by atoms with E-state index in [9.17, 15) is 13.8 Å². The van der Waals surface area contributed by atoms with Crippen LogP contribution in [0.15, 0.2) is 65.6 Å². The zero-order chi connectivity index (χ0) is 18.9. The lowest BCUT2D eigenvalue weighted by Crippen LogP contribution is -2.47. The third-order valence-corrected chi connectivity index (χ3v) is 5.24. The highest BCUT2D eigenvalue weighted by Gasteiger charge is 2.25. The summed E-state index contributed by atoms with van der Waals surface area (Å²) in [7, 11) is 0.143. The van der Waals surface area contributed by atoms with E-state index in [1.807, 2.05) is 12.1 Å². The van der Waals surface area contributed by atoms with Gasteiger partial charge in [0.2, 0.25) is 5.91 Å². The first-order chi connectivity index (χ1) is 12.5. The van der Waals surface area contributed by atoms with Gasteiger partial charge in [0.05, 0.1) is 10.8 Å². The van der Waals surface area contributed by atoms with Gasteiger partial charge < -0.3 is 15.8 Å². The number of nitrogens with one attached hydrogen (secondary N) is 1. The van der Waals surface area contributed by atoms with Crippen molar-refractivity contribution in [3.8, 4) is 0 Å². The third-order valence-electron chi connectivity index (χ3n) is 3.83. The van der Waals surface area contributed by atoms with Crippen LogP contribution in [0.4, 0.5) is 0 Å². The summed E-state index contributed by atoms with van der Waals surface area (Å²) in [4.78, 5) is 24.9. The molecule has 2 rings (SSSR count). The van der Waals surface area contributed by atoms with Crippen LogP contribution in [-0.4, -0.2) is 34.9 Å². The lowest BCUT2D eigenvalue weighted by molar-refractivity contribution is -0.135. The van der Waals surface area contributed by atoms with Crippen LogP contribution in [0.3, 0.4) is 0 Å². The minimum atomic E-state index is -1.27. The van der Waals surface area contributed by atoms with E-state index < -0.39 is 34.8 Å². The Morgan fingerprint density at radius 2 is 1.65 bits per heavy atom. The standard InChI is InChI=1S/C19H22N2O4S/c1-25-17(14-8-4-2-5-9-14)19(23)21-16(18(20)22)12-13-26(24)15-10-6-3-7-11-15/h2-11,16-17H,12-13H2,1H3,(H2,20,22)(H,21,23)/t16-,17+,26+/m1/s1. The molecule has 138 valence electrons. The van der Waals surface area contributed by atoms with Gasteiger partial charge in [0.15, 0.2) is 6.10 Å². The number of ether oxygens (including phenoxy) is 1. The van der Waals surface area contributed by atoms with E-state index in [4.69, 9.17) is 10.5 Å². The second-order valence-corrected chi connectivity index (χ2v) is 7.21. The molecule has 2 aromatic rings. The topological polar surface area (TPSA) is 98.5 Å². The Kier molecular flexibility index (Phi) is 7.50. The molecule has 2 aromatic carbocycles. The molecule has 0 bridgehead atoms. The van der Waals surface area contributed by atoms with E-state index in [0.717, 1.165) is 0 Å². The molecule has 0 unspecified atom stereocenters. The summed E-state index contributed by atoms with van der Waals surface area (Å²) in [5.74, 6) is -0.930. The third kappa shape index (κ3) is 5.50. The van der Waals surface area contributed by atoms with Crippen LogP contribution < -0.4 is 11.1 Å². The molecule has 0 aliphatic heterocycles. The predicted molar refractivity (Wildman–Crippen MR) is 99.7 cm³/mol. The first-order valence-corrected chi connectivity index (χ1v) is 9.45. The van der Waals surface area contributed by atoms with Gasteiger partial charge in [-0.25, -0.2) is 0 Å². The number of hydrogen-bond donors (Lipinski definition) is 2. The molecular weight excluding hydrogens is 352 g/mol. The second-order valence-electron chi connectivity index (χ2n) is 5.64. The molecule has 3 atom stereocenters. The van der Waals surface area contributed by atoms with Gasteiger partial charge >= 0.3 is 0 Å². The van der Waals surface area contributed by atoms with Crippen LogP contribution >= 0.6 is 0 Å². The fourth-order valence-electron chi connectivity index (χ4n) is 2.47. The van der Waals surface area contributed by atoms with Crippen LogP contribution in [-0.2, 0) is 25.1 Å². The summed E-state index contributed by atoms with van der Waals surface area (Å²) in [6.07, 6.45) is -0.675. The van der Waals surface area contributed by atoms with Crippen molar-refractivity contribution >= 4 is 22.6 Å². The van der Waals surface area contributed by atoms with Crippen molar-refractivity contribution in [1.29, 1.82) is 0 Å². The van der Waals surface area contributed by atoms with Crippen molar-refractivity contribution in [3.63, 3.8) is 0 Å². The highest BCUT2D eigenvalue weighted by molar-refractivity contribution is 7.85. The Balaban J connectivity index is 2.00. The van der Waals surface area contributed by atoms with E-state index in [-0.39, 0.29) is 12.2 Å². The molecule has 7 heteroatoms.